The van der Waals surface area contributed by atoms with Gasteiger partial charge in [0, 0.05) is 36.3 Å². The fourth-order valence-corrected chi connectivity index (χ4v) is 5.79. The van der Waals surface area contributed by atoms with E-state index in [1.54, 1.807) is 0 Å². The highest BCUT2D eigenvalue weighted by molar-refractivity contribution is 7.99. The molecule has 2 saturated heterocycles. The Bertz CT molecular complexity index is 788. The number of morpholine rings is 1. The zero-order valence-electron chi connectivity index (χ0n) is 16.7. The maximum absolute atomic E-state index is 5.49. The highest BCUT2D eigenvalue weighted by atomic mass is 32.2. The van der Waals surface area contributed by atoms with Gasteiger partial charge in [-0.05, 0) is 38.5 Å². The van der Waals surface area contributed by atoms with Crippen molar-refractivity contribution in [2.45, 2.75) is 44.9 Å². The second-order valence-electron chi connectivity index (χ2n) is 7.61. The normalized spacial score (nSPS) is 22.3. The van der Waals surface area contributed by atoms with Gasteiger partial charge in [0.15, 0.2) is 0 Å². The first-order chi connectivity index (χ1) is 13.2. The number of aryl methyl sites for hydroxylation is 2. The van der Waals surface area contributed by atoms with E-state index in [4.69, 9.17) is 14.7 Å². The first-order valence-corrected chi connectivity index (χ1v) is 12.1. The Morgan fingerprint density at radius 1 is 1.15 bits per heavy atom. The van der Waals surface area contributed by atoms with Crippen LogP contribution in [-0.4, -0.2) is 65.8 Å². The quantitative estimate of drug-likeness (QED) is 0.768. The van der Waals surface area contributed by atoms with Gasteiger partial charge in [-0.25, -0.2) is 9.97 Å². The number of hydrogen-bond acceptors (Lipinski definition) is 7. The van der Waals surface area contributed by atoms with Crippen molar-refractivity contribution < 1.29 is 4.74 Å². The van der Waals surface area contributed by atoms with Crippen LogP contribution >= 0.6 is 23.1 Å². The van der Waals surface area contributed by atoms with E-state index < -0.39 is 0 Å². The van der Waals surface area contributed by atoms with Crippen LogP contribution in [0.1, 0.15) is 35.5 Å². The van der Waals surface area contributed by atoms with Crippen molar-refractivity contribution in [2.75, 3.05) is 50.5 Å². The third-order valence-electron chi connectivity index (χ3n) is 5.79. The van der Waals surface area contributed by atoms with Crippen molar-refractivity contribution in [1.29, 1.82) is 0 Å². The molecule has 2 fully saturated rings. The molecule has 1 unspecified atom stereocenters. The molecule has 2 aromatic rings. The van der Waals surface area contributed by atoms with E-state index in [1.807, 2.05) is 23.1 Å². The molecule has 0 N–H and O–H groups in total. The van der Waals surface area contributed by atoms with Gasteiger partial charge in [0.25, 0.3) is 0 Å². The molecule has 148 valence electrons. The Labute approximate surface area is 170 Å². The average molecular weight is 407 g/mol. The van der Waals surface area contributed by atoms with Crippen LogP contribution in [-0.2, 0) is 11.3 Å². The molecule has 2 aromatic heterocycles. The molecule has 2 aliphatic heterocycles. The van der Waals surface area contributed by atoms with Crippen LogP contribution in [0.25, 0.3) is 10.2 Å². The lowest BCUT2D eigenvalue weighted by molar-refractivity contribution is 0.0331. The highest BCUT2D eigenvalue weighted by Crippen LogP contribution is 2.36. The van der Waals surface area contributed by atoms with Crippen LogP contribution in [0.2, 0.25) is 0 Å². The van der Waals surface area contributed by atoms with E-state index in [0.29, 0.717) is 5.25 Å². The summed E-state index contributed by atoms with van der Waals surface area (Å²) in [5, 5.41) is 1.98. The van der Waals surface area contributed by atoms with Gasteiger partial charge in [-0.2, -0.15) is 11.8 Å². The topological polar surface area (TPSA) is 41.5 Å². The third-order valence-corrected chi connectivity index (χ3v) is 7.94. The molecule has 7 heteroatoms. The SMILES string of the molecule is CSC1CCCCN(c2nc(CN3CCOCC3)nc3sc(C)c(C)c23)C1. The molecule has 0 radical (unpaired) electrons. The molecule has 0 amide bonds. The molecule has 0 saturated carbocycles. The van der Waals surface area contributed by atoms with E-state index in [2.05, 4.69) is 29.9 Å². The first-order valence-electron chi connectivity index (χ1n) is 10.00. The Kier molecular flexibility index (Phi) is 6.21. The Morgan fingerprint density at radius 2 is 1.96 bits per heavy atom. The molecule has 0 spiro atoms. The standard InChI is InChI=1S/C20H30N4OS2/c1-14-15(2)27-20-18(14)19(24-7-5-4-6-16(12-24)26-3)21-17(22-20)13-23-8-10-25-11-9-23/h16H,4-13H2,1-3H3. The van der Waals surface area contributed by atoms with Gasteiger partial charge < -0.3 is 9.64 Å². The fourth-order valence-electron chi connectivity index (χ4n) is 4.02. The van der Waals surface area contributed by atoms with E-state index in [-0.39, 0.29) is 0 Å². The summed E-state index contributed by atoms with van der Waals surface area (Å²) >= 11 is 3.82. The molecule has 4 rings (SSSR count). The number of aromatic nitrogens is 2. The lowest BCUT2D eigenvalue weighted by Crippen LogP contribution is -2.36. The molecular weight excluding hydrogens is 376 g/mol. The van der Waals surface area contributed by atoms with Crippen LogP contribution in [0.5, 0.6) is 0 Å². The molecule has 0 aromatic carbocycles. The molecule has 0 bridgehead atoms. The number of hydrogen-bond donors (Lipinski definition) is 0. The van der Waals surface area contributed by atoms with Gasteiger partial charge in [0.1, 0.15) is 16.5 Å². The van der Waals surface area contributed by atoms with Crippen molar-refractivity contribution >= 4 is 39.1 Å². The maximum atomic E-state index is 5.49. The summed E-state index contributed by atoms with van der Waals surface area (Å²) in [7, 11) is 0. The minimum atomic E-state index is 0.695. The summed E-state index contributed by atoms with van der Waals surface area (Å²) in [6, 6.07) is 0. The number of thioether (sulfide) groups is 1. The molecule has 27 heavy (non-hydrogen) atoms. The molecule has 2 aliphatic rings. The summed E-state index contributed by atoms with van der Waals surface area (Å²) in [4.78, 5) is 17.6. The smallest absolute Gasteiger partial charge is 0.146 e. The van der Waals surface area contributed by atoms with Gasteiger partial charge in [-0.1, -0.05) is 6.42 Å². The number of ether oxygens (including phenoxy) is 1. The van der Waals surface area contributed by atoms with E-state index in [0.717, 1.165) is 56.6 Å². The molecule has 0 aliphatic carbocycles. The van der Waals surface area contributed by atoms with Crippen LogP contribution in [0.4, 0.5) is 5.82 Å². The second-order valence-corrected chi connectivity index (χ2v) is 9.96. The predicted octanol–water partition coefficient (Wildman–Crippen LogP) is 3.86. The maximum Gasteiger partial charge on any atom is 0.146 e. The molecular formula is C20H30N4OS2. The lowest BCUT2D eigenvalue weighted by atomic mass is 10.2. The Hall–Kier alpha value is -0.890. The van der Waals surface area contributed by atoms with Crippen molar-refractivity contribution in [3.63, 3.8) is 0 Å². The van der Waals surface area contributed by atoms with E-state index >= 15 is 0 Å². The van der Waals surface area contributed by atoms with Crippen LogP contribution < -0.4 is 4.90 Å². The van der Waals surface area contributed by atoms with Gasteiger partial charge in [0.2, 0.25) is 0 Å². The summed E-state index contributed by atoms with van der Waals surface area (Å²) in [5.41, 5.74) is 1.35. The fraction of sp³-hybridized carbons (Fsp3) is 0.700. The Balaban J connectivity index is 1.71. The number of fused-ring (bicyclic) bond motifs is 1. The van der Waals surface area contributed by atoms with Gasteiger partial charge in [0.05, 0.1) is 25.1 Å². The summed E-state index contributed by atoms with van der Waals surface area (Å²) < 4.78 is 5.49. The van der Waals surface area contributed by atoms with Gasteiger partial charge in [-0.15, -0.1) is 11.3 Å². The molecule has 1 atom stereocenters. The van der Waals surface area contributed by atoms with Crippen LogP contribution in [0, 0.1) is 13.8 Å². The van der Waals surface area contributed by atoms with E-state index in [1.165, 1.54) is 40.9 Å². The van der Waals surface area contributed by atoms with Crippen LogP contribution in [0.3, 0.4) is 0 Å². The minimum Gasteiger partial charge on any atom is -0.379 e. The Morgan fingerprint density at radius 3 is 2.74 bits per heavy atom. The zero-order valence-corrected chi connectivity index (χ0v) is 18.3. The minimum absolute atomic E-state index is 0.695. The monoisotopic (exact) mass is 406 g/mol. The van der Waals surface area contributed by atoms with Crippen molar-refractivity contribution in [3.8, 4) is 0 Å². The second kappa shape index (κ2) is 8.64. The highest BCUT2D eigenvalue weighted by Gasteiger charge is 2.24. The summed E-state index contributed by atoms with van der Waals surface area (Å²) in [6.45, 7) is 11.0. The number of rotatable bonds is 4. The third kappa shape index (κ3) is 4.26. The lowest BCUT2D eigenvalue weighted by Gasteiger charge is -2.28. The van der Waals surface area contributed by atoms with Crippen molar-refractivity contribution in [1.82, 2.24) is 14.9 Å². The van der Waals surface area contributed by atoms with E-state index in [9.17, 15) is 0 Å². The predicted molar refractivity (Wildman–Crippen MR) is 116 cm³/mol. The summed E-state index contributed by atoms with van der Waals surface area (Å²) in [6.07, 6.45) is 6.13. The largest absolute Gasteiger partial charge is 0.379 e. The average Bonchev–Trinajstić information content (AvgIpc) is 2.86. The zero-order chi connectivity index (χ0) is 18.8. The number of anilines is 1. The van der Waals surface area contributed by atoms with Crippen molar-refractivity contribution in [3.05, 3.63) is 16.3 Å². The number of thiophene rings is 1. The van der Waals surface area contributed by atoms with Crippen molar-refractivity contribution in [2.24, 2.45) is 0 Å². The van der Waals surface area contributed by atoms with Gasteiger partial charge >= 0.3 is 0 Å². The number of nitrogens with zero attached hydrogens (tertiary/aromatic N) is 4. The first kappa shape index (κ1) is 19.4. The summed E-state index contributed by atoms with van der Waals surface area (Å²) in [5.74, 6) is 2.14. The molecule has 5 nitrogen and oxygen atoms in total. The van der Waals surface area contributed by atoms with Crippen LogP contribution in [0.15, 0.2) is 0 Å². The molecule has 4 heterocycles. The van der Waals surface area contributed by atoms with Gasteiger partial charge in [-0.3, -0.25) is 4.90 Å².